The number of hydrogen-bond donors (Lipinski definition) is 1. The van der Waals surface area contributed by atoms with Gasteiger partial charge in [0.25, 0.3) is 11.4 Å². The highest BCUT2D eigenvalue weighted by Crippen LogP contribution is 2.25. The van der Waals surface area contributed by atoms with Crippen LogP contribution in [-0.4, -0.2) is 32.4 Å². The first-order chi connectivity index (χ1) is 13.4. The SMILES string of the molecule is O=C1NC(=NN=Cc2cccc([N+](=O)[O-])c2)SC1Cc1cccc([N+](=O)[O-])c1. The number of carbonyl (C=O) groups excluding carboxylic acids is 1. The van der Waals surface area contributed by atoms with Gasteiger partial charge in [-0.2, -0.15) is 5.10 Å². The first-order valence-electron chi connectivity index (χ1n) is 7.99. The molecule has 0 saturated carbocycles. The van der Waals surface area contributed by atoms with E-state index < -0.39 is 15.1 Å². The summed E-state index contributed by atoms with van der Waals surface area (Å²) in [5, 5.41) is 31.8. The van der Waals surface area contributed by atoms with Gasteiger partial charge < -0.3 is 5.32 Å². The average molecular weight is 399 g/mol. The minimum atomic E-state index is -0.505. The highest BCUT2D eigenvalue weighted by atomic mass is 32.2. The van der Waals surface area contributed by atoms with Crippen LogP contribution in [0.1, 0.15) is 11.1 Å². The number of rotatable bonds is 6. The number of benzene rings is 2. The number of nitro benzene ring substituents is 2. The van der Waals surface area contributed by atoms with E-state index in [9.17, 15) is 25.0 Å². The molecule has 1 unspecified atom stereocenters. The van der Waals surface area contributed by atoms with E-state index in [2.05, 4.69) is 15.5 Å². The third-order valence-corrected chi connectivity index (χ3v) is 4.83. The summed E-state index contributed by atoms with van der Waals surface area (Å²) >= 11 is 1.17. The summed E-state index contributed by atoms with van der Waals surface area (Å²) in [6.45, 7) is 0. The fourth-order valence-corrected chi connectivity index (χ4v) is 3.43. The number of carbonyl (C=O) groups is 1. The molecular weight excluding hydrogens is 386 g/mol. The second-order valence-corrected chi connectivity index (χ2v) is 6.92. The van der Waals surface area contributed by atoms with Crippen LogP contribution in [0.15, 0.2) is 58.7 Å². The number of nitrogens with zero attached hydrogens (tertiary/aromatic N) is 4. The number of amides is 1. The second kappa shape index (κ2) is 8.39. The Morgan fingerprint density at radius 2 is 1.75 bits per heavy atom. The smallest absolute Gasteiger partial charge is 0.270 e. The third-order valence-electron chi connectivity index (χ3n) is 3.76. The van der Waals surface area contributed by atoms with Crippen molar-refractivity contribution in [2.45, 2.75) is 11.7 Å². The molecule has 2 aromatic rings. The molecule has 1 heterocycles. The Kier molecular flexibility index (Phi) is 5.75. The Balaban J connectivity index is 1.65. The molecule has 1 atom stereocenters. The van der Waals surface area contributed by atoms with E-state index in [1.807, 2.05) is 0 Å². The number of hydrogen-bond acceptors (Lipinski definition) is 8. The second-order valence-electron chi connectivity index (χ2n) is 5.73. The van der Waals surface area contributed by atoms with Crippen LogP contribution in [0, 0.1) is 20.2 Å². The van der Waals surface area contributed by atoms with Gasteiger partial charge in [0.15, 0.2) is 5.17 Å². The lowest BCUT2D eigenvalue weighted by Gasteiger charge is -2.04. The van der Waals surface area contributed by atoms with E-state index in [0.717, 1.165) is 0 Å². The molecule has 0 spiro atoms. The minimum absolute atomic E-state index is 0.0312. The molecule has 28 heavy (non-hydrogen) atoms. The van der Waals surface area contributed by atoms with Gasteiger partial charge in [0.1, 0.15) is 0 Å². The van der Waals surface area contributed by atoms with Gasteiger partial charge in [0, 0.05) is 29.8 Å². The van der Waals surface area contributed by atoms with Crippen molar-refractivity contribution in [1.29, 1.82) is 0 Å². The predicted octanol–water partition coefficient (Wildman–Crippen LogP) is 2.67. The highest BCUT2D eigenvalue weighted by molar-refractivity contribution is 8.15. The van der Waals surface area contributed by atoms with E-state index in [4.69, 9.17) is 0 Å². The van der Waals surface area contributed by atoms with Crippen molar-refractivity contribution in [2.24, 2.45) is 10.2 Å². The molecule has 1 aliphatic heterocycles. The van der Waals surface area contributed by atoms with E-state index >= 15 is 0 Å². The Morgan fingerprint density at radius 1 is 1.07 bits per heavy atom. The van der Waals surface area contributed by atoms with Gasteiger partial charge in [-0.05, 0) is 12.0 Å². The Morgan fingerprint density at radius 3 is 2.46 bits per heavy atom. The summed E-state index contributed by atoms with van der Waals surface area (Å²) in [6, 6.07) is 12.0. The summed E-state index contributed by atoms with van der Waals surface area (Å²) in [7, 11) is 0. The molecule has 0 radical (unpaired) electrons. The number of amidine groups is 1. The maximum Gasteiger partial charge on any atom is 0.270 e. The number of nitrogens with one attached hydrogen (secondary N) is 1. The van der Waals surface area contributed by atoms with Crippen LogP contribution in [-0.2, 0) is 11.2 Å². The zero-order valence-electron chi connectivity index (χ0n) is 14.2. The van der Waals surface area contributed by atoms with Crippen LogP contribution < -0.4 is 5.32 Å². The van der Waals surface area contributed by atoms with Gasteiger partial charge in [-0.1, -0.05) is 36.0 Å². The van der Waals surface area contributed by atoms with Crippen molar-refractivity contribution in [3.8, 4) is 0 Å². The predicted molar refractivity (Wildman–Crippen MR) is 104 cm³/mol. The zero-order chi connectivity index (χ0) is 20.1. The summed E-state index contributed by atoms with van der Waals surface area (Å²) in [5.74, 6) is -0.263. The maximum atomic E-state index is 12.1. The molecule has 142 valence electrons. The van der Waals surface area contributed by atoms with Gasteiger partial charge >= 0.3 is 0 Å². The average Bonchev–Trinajstić information content (AvgIpc) is 3.01. The van der Waals surface area contributed by atoms with Gasteiger partial charge in [0.2, 0.25) is 5.91 Å². The molecule has 11 heteroatoms. The van der Waals surface area contributed by atoms with E-state index in [1.54, 1.807) is 18.2 Å². The molecule has 1 N–H and O–H groups in total. The summed E-state index contributed by atoms with van der Waals surface area (Å²) in [6.07, 6.45) is 1.66. The van der Waals surface area contributed by atoms with E-state index in [0.29, 0.717) is 22.7 Å². The van der Waals surface area contributed by atoms with Gasteiger partial charge in [0.05, 0.1) is 21.3 Å². The Bertz CT molecular complexity index is 1010. The minimum Gasteiger partial charge on any atom is -0.303 e. The zero-order valence-corrected chi connectivity index (χ0v) is 15.0. The van der Waals surface area contributed by atoms with Gasteiger partial charge in [-0.15, -0.1) is 5.10 Å². The topological polar surface area (TPSA) is 140 Å². The van der Waals surface area contributed by atoms with Crippen LogP contribution >= 0.6 is 11.8 Å². The summed E-state index contributed by atoms with van der Waals surface area (Å²) in [4.78, 5) is 32.7. The summed E-state index contributed by atoms with van der Waals surface area (Å²) in [5.41, 5.74) is 1.08. The first kappa shape index (κ1) is 19.2. The molecule has 1 fully saturated rings. The van der Waals surface area contributed by atoms with E-state index in [-0.39, 0.29) is 17.3 Å². The van der Waals surface area contributed by atoms with Crippen LogP contribution in [0.5, 0.6) is 0 Å². The van der Waals surface area contributed by atoms with Gasteiger partial charge in [-0.3, -0.25) is 25.0 Å². The highest BCUT2D eigenvalue weighted by Gasteiger charge is 2.30. The first-order valence-corrected chi connectivity index (χ1v) is 8.86. The van der Waals surface area contributed by atoms with Crippen LogP contribution in [0.25, 0.3) is 0 Å². The van der Waals surface area contributed by atoms with Crippen molar-refractivity contribution in [3.63, 3.8) is 0 Å². The molecule has 1 aliphatic rings. The quantitative estimate of drug-likeness (QED) is 0.450. The lowest BCUT2D eigenvalue weighted by atomic mass is 10.1. The van der Waals surface area contributed by atoms with Crippen LogP contribution in [0.4, 0.5) is 11.4 Å². The molecule has 3 rings (SSSR count). The fraction of sp³-hybridized carbons (Fsp3) is 0.118. The molecule has 1 saturated heterocycles. The number of nitro groups is 2. The fourth-order valence-electron chi connectivity index (χ4n) is 2.46. The van der Waals surface area contributed by atoms with Crippen molar-refractivity contribution >= 4 is 40.4 Å². The third kappa shape index (κ3) is 4.76. The van der Waals surface area contributed by atoms with Crippen molar-refractivity contribution in [1.82, 2.24) is 5.32 Å². The van der Waals surface area contributed by atoms with Crippen molar-refractivity contribution < 1.29 is 14.6 Å². The molecular formula is C17H13N5O5S. The number of thioether (sulfide) groups is 1. The molecule has 0 bridgehead atoms. The molecule has 2 aromatic carbocycles. The van der Waals surface area contributed by atoms with E-state index in [1.165, 1.54) is 48.3 Å². The molecule has 1 amide bonds. The number of non-ortho nitro benzene ring substituents is 2. The monoisotopic (exact) mass is 399 g/mol. The standard InChI is InChI=1S/C17H13N5O5S/c23-16-15(9-11-3-1-5-13(7-11)21(24)25)28-17(19-16)20-18-10-12-4-2-6-14(8-12)22(26)27/h1-8,10,15H,9H2,(H,19,20,23). The van der Waals surface area contributed by atoms with Crippen LogP contribution in [0.3, 0.4) is 0 Å². The van der Waals surface area contributed by atoms with Crippen molar-refractivity contribution in [3.05, 3.63) is 79.9 Å². The summed E-state index contributed by atoms with van der Waals surface area (Å²) < 4.78 is 0. The largest absolute Gasteiger partial charge is 0.303 e. The normalized spacial score (nSPS) is 17.8. The lowest BCUT2D eigenvalue weighted by molar-refractivity contribution is -0.385. The Labute approximate surface area is 162 Å². The molecule has 0 aliphatic carbocycles. The molecule has 0 aromatic heterocycles. The lowest BCUT2D eigenvalue weighted by Crippen LogP contribution is -2.25. The van der Waals surface area contributed by atoms with Crippen molar-refractivity contribution in [2.75, 3.05) is 0 Å². The van der Waals surface area contributed by atoms with Gasteiger partial charge in [-0.25, -0.2) is 0 Å². The van der Waals surface area contributed by atoms with Crippen LogP contribution in [0.2, 0.25) is 0 Å². The molecule has 10 nitrogen and oxygen atoms in total. The maximum absolute atomic E-state index is 12.1. The Hall–Kier alpha value is -3.60.